The Morgan fingerprint density at radius 1 is 1.19 bits per heavy atom. The molecule has 1 aliphatic heterocycles. The van der Waals surface area contributed by atoms with Crippen molar-refractivity contribution in [3.63, 3.8) is 0 Å². The average Bonchev–Trinajstić information content (AvgIpc) is 3.28. The number of piperidine rings is 1. The molecular formula is C30H34F4N4O4. The first-order chi connectivity index (χ1) is 20.0. The summed E-state index contributed by atoms with van der Waals surface area (Å²) in [5.41, 5.74) is 1.87. The van der Waals surface area contributed by atoms with Gasteiger partial charge < -0.3 is 29.8 Å². The van der Waals surface area contributed by atoms with Crippen molar-refractivity contribution in [3.8, 4) is 17.6 Å². The molecule has 4 rings (SSSR count). The van der Waals surface area contributed by atoms with E-state index >= 15 is 4.39 Å². The summed E-state index contributed by atoms with van der Waals surface area (Å²) >= 11 is 0. The summed E-state index contributed by atoms with van der Waals surface area (Å²) in [7, 11) is 2.72. The Bertz CT molecular complexity index is 1460. The summed E-state index contributed by atoms with van der Waals surface area (Å²) in [6.07, 6.45) is -5.78. The Balaban J connectivity index is 1.56. The van der Waals surface area contributed by atoms with Crippen LogP contribution < -0.4 is 15.4 Å². The van der Waals surface area contributed by atoms with E-state index in [1.807, 2.05) is 4.90 Å². The number of aliphatic hydroxyl groups is 1. The van der Waals surface area contributed by atoms with E-state index < -0.39 is 37.0 Å². The fourth-order valence-corrected chi connectivity index (χ4v) is 5.09. The molecule has 0 amide bonds. The first kappa shape index (κ1) is 31.0. The van der Waals surface area contributed by atoms with Crippen molar-refractivity contribution in [3.05, 3.63) is 53.7 Å². The van der Waals surface area contributed by atoms with Gasteiger partial charge in [0.15, 0.2) is 0 Å². The number of carbonyl (C=O) groups is 1. The van der Waals surface area contributed by atoms with Crippen LogP contribution in [0.1, 0.15) is 29.4 Å². The van der Waals surface area contributed by atoms with Crippen LogP contribution in [0, 0.1) is 11.8 Å². The van der Waals surface area contributed by atoms with Crippen molar-refractivity contribution in [2.45, 2.75) is 44.4 Å². The molecule has 2 heterocycles. The van der Waals surface area contributed by atoms with Crippen molar-refractivity contribution in [1.82, 2.24) is 9.47 Å². The molecule has 3 N–H and O–H groups in total. The van der Waals surface area contributed by atoms with Crippen molar-refractivity contribution in [1.29, 1.82) is 0 Å². The molecule has 0 spiro atoms. The molecule has 2 aromatic carbocycles. The van der Waals surface area contributed by atoms with E-state index in [4.69, 9.17) is 9.47 Å². The fraction of sp³-hybridized carbons (Fsp3) is 0.433. The Kier molecular flexibility index (Phi) is 9.85. The second-order valence-electron chi connectivity index (χ2n) is 10.2. The van der Waals surface area contributed by atoms with Gasteiger partial charge in [-0.3, -0.25) is 4.90 Å². The minimum absolute atomic E-state index is 0.0845. The Morgan fingerprint density at radius 2 is 1.98 bits per heavy atom. The van der Waals surface area contributed by atoms with Crippen LogP contribution in [-0.2, 0) is 11.3 Å². The number of nitrogens with zero attached hydrogens (tertiary/aromatic N) is 2. The molecule has 3 aromatic rings. The smallest absolute Gasteiger partial charge is 0.406 e. The van der Waals surface area contributed by atoms with Gasteiger partial charge in [0, 0.05) is 30.7 Å². The summed E-state index contributed by atoms with van der Waals surface area (Å²) in [6.45, 7) is 1.64. The zero-order valence-electron chi connectivity index (χ0n) is 23.6. The zero-order valence-corrected chi connectivity index (χ0v) is 23.6. The maximum Gasteiger partial charge on any atom is 0.406 e. The number of carbonyl (C=O) groups excluding carboxylic acids is 1. The molecule has 0 bridgehead atoms. The van der Waals surface area contributed by atoms with Crippen LogP contribution in [0.15, 0.2) is 42.5 Å². The number of fused-ring (bicyclic) bond motifs is 1. The molecule has 0 aliphatic carbocycles. The lowest BCUT2D eigenvalue weighted by Gasteiger charge is -2.36. The first-order valence-electron chi connectivity index (χ1n) is 13.5. The number of aromatic nitrogens is 1. The molecule has 1 aliphatic rings. The Hall–Kier alpha value is -3.95. The van der Waals surface area contributed by atoms with Gasteiger partial charge in [0.2, 0.25) is 0 Å². The van der Waals surface area contributed by atoms with Gasteiger partial charge in [0.1, 0.15) is 18.5 Å². The number of halogens is 4. The summed E-state index contributed by atoms with van der Waals surface area (Å²) < 4.78 is 66.9. The highest BCUT2D eigenvalue weighted by atomic mass is 19.4. The third kappa shape index (κ3) is 7.66. The number of hydrogen-bond acceptors (Lipinski definition) is 7. The lowest BCUT2D eigenvalue weighted by Crippen LogP contribution is -2.49. The van der Waals surface area contributed by atoms with E-state index in [1.165, 1.54) is 20.3 Å². The van der Waals surface area contributed by atoms with Crippen LogP contribution in [-0.4, -0.2) is 85.4 Å². The zero-order chi connectivity index (χ0) is 30.4. The second kappa shape index (κ2) is 13.4. The highest BCUT2D eigenvalue weighted by Gasteiger charge is 2.32. The first-order valence-corrected chi connectivity index (χ1v) is 13.5. The molecule has 1 saturated heterocycles. The molecule has 3 atom stereocenters. The van der Waals surface area contributed by atoms with Gasteiger partial charge in [-0.15, -0.1) is 0 Å². The van der Waals surface area contributed by atoms with Gasteiger partial charge in [0.05, 0.1) is 55.4 Å². The number of likely N-dealkylation sites (tertiary alicyclic amines) is 1. The van der Waals surface area contributed by atoms with Gasteiger partial charge in [-0.25, -0.2) is 9.18 Å². The van der Waals surface area contributed by atoms with E-state index in [1.54, 1.807) is 43.3 Å². The van der Waals surface area contributed by atoms with E-state index in [0.717, 1.165) is 4.57 Å². The minimum atomic E-state index is -4.49. The van der Waals surface area contributed by atoms with Gasteiger partial charge in [0.25, 0.3) is 0 Å². The van der Waals surface area contributed by atoms with E-state index in [-0.39, 0.29) is 18.8 Å². The number of anilines is 2. The van der Waals surface area contributed by atoms with E-state index in [9.17, 15) is 23.1 Å². The maximum absolute atomic E-state index is 15.0. The van der Waals surface area contributed by atoms with Gasteiger partial charge in [-0.2, -0.15) is 13.2 Å². The second-order valence-corrected chi connectivity index (χ2v) is 10.2. The van der Waals surface area contributed by atoms with Crippen LogP contribution in [0.3, 0.4) is 0 Å². The third-order valence-corrected chi connectivity index (χ3v) is 6.98. The molecule has 42 heavy (non-hydrogen) atoms. The number of hydrogen-bond donors (Lipinski definition) is 3. The fourth-order valence-electron chi connectivity index (χ4n) is 5.09. The van der Waals surface area contributed by atoms with Crippen molar-refractivity contribution < 1.29 is 36.9 Å². The number of rotatable bonds is 9. The number of alkyl halides is 4. The molecule has 1 aromatic heterocycles. The van der Waals surface area contributed by atoms with Gasteiger partial charge >= 0.3 is 12.1 Å². The van der Waals surface area contributed by atoms with E-state index in [2.05, 4.69) is 22.5 Å². The number of nitrogens with one attached hydrogen (secondary N) is 2. The molecule has 1 unspecified atom stereocenters. The quantitative estimate of drug-likeness (QED) is 0.190. The largest absolute Gasteiger partial charge is 0.495 e. The number of esters is 1. The minimum Gasteiger partial charge on any atom is -0.495 e. The predicted molar refractivity (Wildman–Crippen MR) is 153 cm³/mol. The summed E-state index contributed by atoms with van der Waals surface area (Å²) in [5, 5.41) is 16.4. The van der Waals surface area contributed by atoms with Crippen LogP contribution in [0.25, 0.3) is 10.9 Å². The average molecular weight is 591 g/mol. The molecule has 8 nitrogen and oxygen atoms in total. The van der Waals surface area contributed by atoms with Crippen LogP contribution >= 0.6 is 0 Å². The summed E-state index contributed by atoms with van der Waals surface area (Å²) in [4.78, 5) is 13.6. The van der Waals surface area contributed by atoms with Crippen LogP contribution in [0.2, 0.25) is 0 Å². The van der Waals surface area contributed by atoms with Crippen LogP contribution in [0.4, 0.5) is 28.9 Å². The maximum atomic E-state index is 15.0. The molecule has 0 radical (unpaired) electrons. The summed E-state index contributed by atoms with van der Waals surface area (Å²) in [5.74, 6) is 5.56. The highest BCUT2D eigenvalue weighted by molar-refractivity contribution is 5.94. The number of aliphatic hydroxyl groups excluding tert-OH is 1. The Morgan fingerprint density at radius 3 is 2.64 bits per heavy atom. The number of β-amino-alcohol motifs (C(OH)–C–C–N with tert-alkyl or cyclic N) is 1. The number of methoxy groups -OCH3 is 2. The molecule has 0 saturated carbocycles. The highest BCUT2D eigenvalue weighted by Crippen LogP contribution is 2.32. The standard InChI is InChI=1S/C30H34F4N4O4/c1-19(39)16-37-13-11-25(23(31)17-37)36-24-7-4-8-27-22(24)15-21(38(27)18-30(32,33)34)6-5-12-35-26-10-9-20(29(40)42-3)14-28(26)41-2/h4,7-10,14-15,19,23,25,35-36,39H,11-13,16-18H2,1-3H3/t19?,23-,25+/m1/s1. The topological polar surface area (TPSA) is 88.0 Å². The van der Waals surface area contributed by atoms with Crippen molar-refractivity contribution in [2.24, 2.45) is 0 Å². The monoisotopic (exact) mass is 590 g/mol. The number of ether oxygens (including phenoxy) is 2. The van der Waals surface area contributed by atoms with Gasteiger partial charge in [-0.1, -0.05) is 12.0 Å². The lowest BCUT2D eigenvalue weighted by atomic mass is 10.0. The molecular weight excluding hydrogens is 556 g/mol. The SMILES string of the molecule is COC(=O)c1ccc(NCC#Cc2cc3c(N[C@H]4CCN(CC(C)O)C[C@H]4F)cccc3n2CC(F)(F)F)c(OC)c1. The Labute approximate surface area is 241 Å². The summed E-state index contributed by atoms with van der Waals surface area (Å²) in [6, 6.07) is 10.7. The number of benzene rings is 2. The van der Waals surface area contributed by atoms with Crippen molar-refractivity contribution >= 4 is 28.2 Å². The van der Waals surface area contributed by atoms with E-state index in [0.29, 0.717) is 53.1 Å². The predicted octanol–water partition coefficient (Wildman–Crippen LogP) is 4.67. The molecule has 12 heteroatoms. The third-order valence-electron chi connectivity index (χ3n) is 6.98. The lowest BCUT2D eigenvalue weighted by molar-refractivity contribution is -0.140. The molecule has 1 fully saturated rings. The van der Waals surface area contributed by atoms with Crippen molar-refractivity contribution in [2.75, 3.05) is 51.0 Å². The normalized spacial score (nSPS) is 18.2. The van der Waals surface area contributed by atoms with Gasteiger partial charge in [-0.05, 0) is 55.7 Å². The molecule has 226 valence electrons. The van der Waals surface area contributed by atoms with Crippen LogP contribution in [0.5, 0.6) is 5.75 Å².